The molecule has 1 rings (SSSR count). The molecule has 1 heterocycles. The molecule has 0 fully saturated rings. The molecule has 198 valence electrons. The third-order valence-corrected chi connectivity index (χ3v) is 7.44. The molecule has 1 nitrogen and oxygen atoms in total. The molecule has 1 heteroatoms. The van der Waals surface area contributed by atoms with Crippen molar-refractivity contribution in [1.82, 2.24) is 0 Å². The Balaban J connectivity index is 2.20. The summed E-state index contributed by atoms with van der Waals surface area (Å²) < 4.78 is 2.53. The molecule has 0 spiro atoms. The predicted octanol–water partition coefficient (Wildman–Crippen LogP) is 10.7. The number of hydrogen-bond donors (Lipinski definition) is 0. The van der Waals surface area contributed by atoms with Crippen LogP contribution in [0, 0.1) is 0 Å². The van der Waals surface area contributed by atoms with E-state index < -0.39 is 0 Å². The molecule has 0 unspecified atom stereocenters. The molecule has 0 N–H and O–H groups in total. The van der Waals surface area contributed by atoms with Crippen LogP contribution in [-0.4, -0.2) is 0 Å². The first-order valence-electron chi connectivity index (χ1n) is 15.8. The van der Waals surface area contributed by atoms with Crippen molar-refractivity contribution in [1.29, 1.82) is 0 Å². The number of aromatic nitrogens is 1. The van der Waals surface area contributed by atoms with E-state index in [0.29, 0.717) is 0 Å². The van der Waals surface area contributed by atoms with Gasteiger partial charge < -0.3 is 0 Å². The van der Waals surface area contributed by atoms with Crippen LogP contribution in [-0.2, 0) is 19.4 Å². The highest BCUT2D eigenvalue weighted by atomic mass is 14.9. The lowest BCUT2D eigenvalue weighted by molar-refractivity contribution is -0.698. The minimum Gasteiger partial charge on any atom is -0.205 e. The zero-order valence-electron chi connectivity index (χ0n) is 23.9. The second kappa shape index (κ2) is 23.9. The highest BCUT2D eigenvalue weighted by Gasteiger charge is 2.08. The summed E-state index contributed by atoms with van der Waals surface area (Å²) in [4.78, 5) is 0. The van der Waals surface area contributed by atoms with Crippen LogP contribution in [0.1, 0.15) is 173 Å². The summed E-state index contributed by atoms with van der Waals surface area (Å²) in [5, 5.41) is 0. The average Bonchev–Trinajstić information content (AvgIpc) is 2.85. The Hall–Kier alpha value is -0.850. The summed E-state index contributed by atoms with van der Waals surface area (Å²) in [6.45, 7) is 8.13. The van der Waals surface area contributed by atoms with E-state index in [1.165, 1.54) is 161 Å². The van der Waals surface area contributed by atoms with E-state index in [2.05, 4.69) is 43.8 Å². The van der Waals surface area contributed by atoms with Gasteiger partial charge in [0.15, 0.2) is 12.4 Å². The maximum Gasteiger partial charge on any atom is 0.171 e. The van der Waals surface area contributed by atoms with Crippen LogP contribution in [0.4, 0.5) is 0 Å². The Kier molecular flexibility index (Phi) is 21.9. The van der Waals surface area contributed by atoms with Crippen LogP contribution in [0.2, 0.25) is 0 Å². The summed E-state index contributed by atoms with van der Waals surface area (Å²) in [5.41, 5.74) is 3.16. The molecule has 1 aromatic heterocycles. The minimum atomic E-state index is 1.21. The van der Waals surface area contributed by atoms with Crippen LogP contribution in [0.15, 0.2) is 18.5 Å². The van der Waals surface area contributed by atoms with E-state index in [1.807, 2.05) is 0 Å². The van der Waals surface area contributed by atoms with Crippen molar-refractivity contribution in [2.24, 2.45) is 0 Å². The van der Waals surface area contributed by atoms with Crippen molar-refractivity contribution >= 4 is 0 Å². The van der Waals surface area contributed by atoms with Crippen molar-refractivity contribution in [2.75, 3.05) is 0 Å². The zero-order valence-corrected chi connectivity index (χ0v) is 23.9. The fourth-order valence-corrected chi connectivity index (χ4v) is 5.18. The smallest absolute Gasteiger partial charge is 0.171 e. The molecule has 1 aromatic rings. The van der Waals surface area contributed by atoms with Gasteiger partial charge in [-0.25, -0.2) is 4.57 Å². The number of hydrogen-bond acceptors (Lipinski definition) is 0. The van der Waals surface area contributed by atoms with Gasteiger partial charge in [0.25, 0.3) is 0 Å². The molecular formula is C33H62N+. The number of unbranched alkanes of at least 4 members (excludes halogenated alkanes) is 19. The van der Waals surface area contributed by atoms with Gasteiger partial charge in [0.05, 0.1) is 0 Å². The van der Waals surface area contributed by atoms with Gasteiger partial charge in [0.2, 0.25) is 0 Å². The van der Waals surface area contributed by atoms with Crippen LogP contribution >= 0.6 is 0 Å². The molecule has 0 saturated heterocycles. The van der Waals surface area contributed by atoms with Gasteiger partial charge in [-0.15, -0.1) is 0 Å². The maximum absolute atomic E-state index is 2.53. The Morgan fingerprint density at radius 2 is 0.735 bits per heavy atom. The molecule has 0 aromatic carbocycles. The van der Waals surface area contributed by atoms with Gasteiger partial charge in [-0.3, -0.25) is 0 Å². The molecule has 0 saturated carbocycles. The molecule has 0 aliphatic rings. The van der Waals surface area contributed by atoms with Crippen molar-refractivity contribution in [3.05, 3.63) is 29.6 Å². The average molecular weight is 473 g/mol. The lowest BCUT2D eigenvalue weighted by Gasteiger charge is -2.07. The third kappa shape index (κ3) is 18.5. The summed E-state index contributed by atoms with van der Waals surface area (Å²) in [7, 11) is 0. The van der Waals surface area contributed by atoms with Crippen LogP contribution in [0.3, 0.4) is 0 Å². The normalized spacial score (nSPS) is 11.4. The van der Waals surface area contributed by atoms with Gasteiger partial charge in [0.1, 0.15) is 6.54 Å². The van der Waals surface area contributed by atoms with Gasteiger partial charge >= 0.3 is 0 Å². The first kappa shape index (κ1) is 31.2. The lowest BCUT2D eigenvalue weighted by atomic mass is 10.0. The topological polar surface area (TPSA) is 3.88 Å². The second-order valence-corrected chi connectivity index (χ2v) is 11.0. The van der Waals surface area contributed by atoms with Crippen molar-refractivity contribution < 1.29 is 4.57 Å². The number of nitrogens with zero attached hydrogens (tertiary/aromatic N) is 1. The first-order valence-corrected chi connectivity index (χ1v) is 15.8. The Morgan fingerprint density at radius 1 is 0.412 bits per heavy atom. The molecule has 0 bridgehead atoms. The van der Waals surface area contributed by atoms with E-state index in [4.69, 9.17) is 0 Å². The monoisotopic (exact) mass is 472 g/mol. The van der Waals surface area contributed by atoms with E-state index in [1.54, 1.807) is 11.1 Å². The van der Waals surface area contributed by atoms with Gasteiger partial charge in [-0.1, -0.05) is 136 Å². The summed E-state index contributed by atoms with van der Waals surface area (Å²) in [6, 6.07) is 2.51. The quantitative estimate of drug-likeness (QED) is 0.0983. The standard InChI is InChI=1S/C33H62N/c1-4-7-10-13-14-15-16-17-18-19-20-21-22-25-28-34-30-32(26-23-11-8-5-2)29-33(31-34)27-24-12-9-6-3/h29-31H,4-28H2,1-3H3/q+1. The predicted molar refractivity (Wildman–Crippen MR) is 153 cm³/mol. The Bertz CT molecular complexity index is 519. The van der Waals surface area contributed by atoms with Gasteiger partial charge in [-0.2, -0.15) is 0 Å². The van der Waals surface area contributed by atoms with Crippen molar-refractivity contribution in [3.63, 3.8) is 0 Å². The summed E-state index contributed by atoms with van der Waals surface area (Å²) in [6.07, 6.45) is 38.5. The van der Waals surface area contributed by atoms with Gasteiger partial charge in [0, 0.05) is 17.5 Å². The maximum atomic E-state index is 2.53. The van der Waals surface area contributed by atoms with Crippen molar-refractivity contribution in [2.45, 2.75) is 181 Å². The molecule has 0 radical (unpaired) electrons. The summed E-state index contributed by atoms with van der Waals surface area (Å²) in [5.74, 6) is 0. The van der Waals surface area contributed by atoms with Crippen molar-refractivity contribution in [3.8, 4) is 0 Å². The third-order valence-electron chi connectivity index (χ3n) is 7.44. The van der Waals surface area contributed by atoms with Gasteiger partial charge in [-0.05, 0) is 38.2 Å². The second-order valence-electron chi connectivity index (χ2n) is 11.0. The SMILES string of the molecule is CCCCCCCCCCCCCCCC[n+]1cc(CCCCCC)cc(CCCCCC)c1. The highest BCUT2D eigenvalue weighted by Crippen LogP contribution is 2.14. The van der Waals surface area contributed by atoms with Crippen LogP contribution < -0.4 is 4.57 Å². The van der Waals surface area contributed by atoms with E-state index in [-0.39, 0.29) is 0 Å². The first-order chi connectivity index (χ1) is 16.8. The number of rotatable bonds is 25. The molecule has 0 atom stereocenters. The van der Waals surface area contributed by atoms with E-state index >= 15 is 0 Å². The molecule has 0 aliphatic carbocycles. The Labute approximate surface area is 215 Å². The largest absolute Gasteiger partial charge is 0.205 e. The molecule has 0 amide bonds. The van der Waals surface area contributed by atoms with Crippen LogP contribution in [0.25, 0.3) is 0 Å². The molecule has 34 heavy (non-hydrogen) atoms. The highest BCUT2D eigenvalue weighted by molar-refractivity contribution is 5.15. The van der Waals surface area contributed by atoms with Crippen LogP contribution in [0.5, 0.6) is 0 Å². The molecular weight excluding hydrogens is 410 g/mol. The lowest BCUT2D eigenvalue weighted by Crippen LogP contribution is -2.34. The van der Waals surface area contributed by atoms with E-state index in [0.717, 1.165) is 0 Å². The minimum absolute atomic E-state index is 1.21. The fourth-order valence-electron chi connectivity index (χ4n) is 5.18. The fraction of sp³-hybridized carbons (Fsp3) is 0.848. The number of aryl methyl sites for hydroxylation is 3. The van der Waals surface area contributed by atoms with E-state index in [9.17, 15) is 0 Å². The summed E-state index contributed by atoms with van der Waals surface area (Å²) >= 11 is 0. The Morgan fingerprint density at radius 3 is 1.12 bits per heavy atom. The number of pyridine rings is 1. The zero-order chi connectivity index (χ0) is 24.5. The molecule has 0 aliphatic heterocycles.